The number of nitrogens with zero attached hydrogens (tertiary/aromatic N) is 2. The highest BCUT2D eigenvalue weighted by atomic mass is 16.4. The fourth-order valence-corrected chi connectivity index (χ4v) is 2.11. The van der Waals surface area contributed by atoms with E-state index in [4.69, 9.17) is 16.6 Å². The Morgan fingerprint density at radius 3 is 2.62 bits per heavy atom. The van der Waals surface area contributed by atoms with Crippen molar-refractivity contribution in [3.63, 3.8) is 0 Å². The summed E-state index contributed by atoms with van der Waals surface area (Å²) >= 11 is 0. The minimum Gasteiger partial charge on any atom is -0.478 e. The molecule has 8 nitrogen and oxygen atoms in total. The molecule has 0 atom stereocenters. The van der Waals surface area contributed by atoms with Crippen LogP contribution in [0.4, 0.5) is 11.4 Å². The molecule has 0 bridgehead atoms. The van der Waals surface area contributed by atoms with Crippen LogP contribution in [0.2, 0.25) is 0 Å². The minimum absolute atomic E-state index is 0.119. The van der Waals surface area contributed by atoms with Crippen molar-refractivity contribution in [1.29, 1.82) is 5.26 Å². The van der Waals surface area contributed by atoms with Crippen molar-refractivity contribution < 1.29 is 14.7 Å². The summed E-state index contributed by atoms with van der Waals surface area (Å²) in [5.41, 5.74) is 12.5. The third-order valence-electron chi connectivity index (χ3n) is 3.20. The molecule has 26 heavy (non-hydrogen) atoms. The monoisotopic (exact) mass is 349 g/mol. The third kappa shape index (κ3) is 4.94. The highest BCUT2D eigenvalue weighted by molar-refractivity contribution is 6.05. The molecular weight excluding hydrogens is 334 g/mol. The van der Waals surface area contributed by atoms with E-state index in [1.54, 1.807) is 30.3 Å². The van der Waals surface area contributed by atoms with Crippen molar-refractivity contribution in [2.45, 2.75) is 0 Å². The number of hydrogen-bond donors (Lipinski definition) is 4. The van der Waals surface area contributed by atoms with E-state index >= 15 is 0 Å². The van der Waals surface area contributed by atoms with E-state index in [0.717, 1.165) is 6.08 Å². The van der Waals surface area contributed by atoms with Crippen molar-refractivity contribution in [3.8, 4) is 6.07 Å². The van der Waals surface area contributed by atoms with Crippen LogP contribution in [0, 0.1) is 11.3 Å². The molecule has 8 heteroatoms. The van der Waals surface area contributed by atoms with Gasteiger partial charge in [-0.3, -0.25) is 4.79 Å². The van der Waals surface area contributed by atoms with Crippen LogP contribution in [0.5, 0.6) is 0 Å². The van der Waals surface area contributed by atoms with E-state index in [1.807, 2.05) is 6.07 Å². The SMILES string of the molecule is N#Cc1cc(NC(=O)c2cccc(N=C(N)N)c2)ccc1/C=C/C(=O)O. The van der Waals surface area contributed by atoms with Gasteiger partial charge in [0.15, 0.2) is 5.96 Å². The summed E-state index contributed by atoms with van der Waals surface area (Å²) in [6, 6.07) is 12.9. The highest BCUT2D eigenvalue weighted by Crippen LogP contribution is 2.19. The first kappa shape index (κ1) is 18.2. The van der Waals surface area contributed by atoms with Gasteiger partial charge in [0.2, 0.25) is 0 Å². The van der Waals surface area contributed by atoms with Gasteiger partial charge in [0, 0.05) is 17.3 Å². The maximum Gasteiger partial charge on any atom is 0.328 e. The molecule has 130 valence electrons. The number of aliphatic imine (C=N–C) groups is 1. The van der Waals surface area contributed by atoms with Crippen LogP contribution in [-0.2, 0) is 4.79 Å². The van der Waals surface area contributed by atoms with Crippen LogP contribution in [0.1, 0.15) is 21.5 Å². The Balaban J connectivity index is 2.23. The zero-order chi connectivity index (χ0) is 19.1. The number of aliphatic carboxylic acids is 1. The Hall–Kier alpha value is -4.12. The van der Waals surface area contributed by atoms with Crippen LogP contribution >= 0.6 is 0 Å². The summed E-state index contributed by atoms with van der Waals surface area (Å²) in [5, 5.41) is 20.5. The lowest BCUT2D eigenvalue weighted by Crippen LogP contribution is -2.21. The van der Waals surface area contributed by atoms with Crippen molar-refractivity contribution in [2.24, 2.45) is 16.5 Å². The maximum absolute atomic E-state index is 12.4. The molecule has 0 spiro atoms. The van der Waals surface area contributed by atoms with Gasteiger partial charge < -0.3 is 21.9 Å². The van der Waals surface area contributed by atoms with Crippen molar-refractivity contribution in [1.82, 2.24) is 0 Å². The molecular formula is C18H15N5O3. The van der Waals surface area contributed by atoms with Gasteiger partial charge in [0.25, 0.3) is 5.91 Å². The number of guanidine groups is 1. The Bertz CT molecular complexity index is 954. The number of hydrogen-bond acceptors (Lipinski definition) is 4. The fourth-order valence-electron chi connectivity index (χ4n) is 2.11. The molecule has 1 amide bonds. The number of amides is 1. The molecule has 0 aromatic heterocycles. The number of nitrogens with one attached hydrogen (secondary N) is 1. The van der Waals surface area contributed by atoms with Crippen molar-refractivity contribution >= 4 is 35.3 Å². The molecule has 0 aliphatic rings. The molecule has 0 radical (unpaired) electrons. The number of anilines is 1. The van der Waals surface area contributed by atoms with E-state index in [0.29, 0.717) is 22.5 Å². The van der Waals surface area contributed by atoms with Crippen molar-refractivity contribution in [2.75, 3.05) is 5.32 Å². The molecule has 0 aliphatic carbocycles. The van der Waals surface area contributed by atoms with E-state index in [-0.39, 0.29) is 11.5 Å². The summed E-state index contributed by atoms with van der Waals surface area (Å²) in [6.07, 6.45) is 2.24. The standard InChI is InChI=1S/C18H15N5O3/c19-10-13-9-15(6-4-11(13)5-7-16(24)25)22-17(26)12-2-1-3-14(8-12)23-18(20)21/h1-9H,(H,22,26)(H,24,25)(H4,20,21,23)/b7-5+. The van der Waals surface area contributed by atoms with E-state index in [2.05, 4.69) is 10.3 Å². The number of carbonyl (C=O) groups excluding carboxylic acids is 1. The lowest BCUT2D eigenvalue weighted by Gasteiger charge is -2.07. The van der Waals surface area contributed by atoms with Gasteiger partial charge in [-0.1, -0.05) is 12.1 Å². The number of carboxylic acid groups (broad SMARTS) is 1. The molecule has 0 fully saturated rings. The summed E-state index contributed by atoms with van der Waals surface area (Å²) in [7, 11) is 0. The largest absolute Gasteiger partial charge is 0.478 e. The van der Waals surface area contributed by atoms with Gasteiger partial charge in [0.05, 0.1) is 17.3 Å². The Morgan fingerprint density at radius 2 is 1.96 bits per heavy atom. The van der Waals surface area contributed by atoms with Crippen LogP contribution in [0.15, 0.2) is 53.5 Å². The quantitative estimate of drug-likeness (QED) is 0.366. The lowest BCUT2D eigenvalue weighted by atomic mass is 10.1. The second-order valence-corrected chi connectivity index (χ2v) is 5.13. The van der Waals surface area contributed by atoms with Crippen LogP contribution in [0.25, 0.3) is 6.08 Å². The molecule has 0 saturated carbocycles. The number of carboxylic acids is 1. The van der Waals surface area contributed by atoms with Gasteiger partial charge in [-0.05, 0) is 42.0 Å². The smallest absolute Gasteiger partial charge is 0.328 e. The van der Waals surface area contributed by atoms with E-state index in [1.165, 1.54) is 18.2 Å². The van der Waals surface area contributed by atoms with Gasteiger partial charge in [-0.2, -0.15) is 5.26 Å². The van der Waals surface area contributed by atoms with Gasteiger partial charge >= 0.3 is 5.97 Å². The number of rotatable bonds is 5. The van der Waals surface area contributed by atoms with Gasteiger partial charge in [-0.25, -0.2) is 9.79 Å². The van der Waals surface area contributed by atoms with Gasteiger partial charge in [0.1, 0.15) is 0 Å². The predicted molar refractivity (Wildman–Crippen MR) is 97.7 cm³/mol. The maximum atomic E-state index is 12.4. The number of nitrogens with two attached hydrogens (primary N) is 2. The Morgan fingerprint density at radius 1 is 1.19 bits per heavy atom. The first-order valence-electron chi connectivity index (χ1n) is 7.35. The number of nitriles is 1. The first-order chi connectivity index (χ1) is 12.4. The predicted octanol–water partition coefficient (Wildman–Crippen LogP) is 1.81. The molecule has 0 heterocycles. The molecule has 0 saturated heterocycles. The minimum atomic E-state index is -1.12. The number of benzene rings is 2. The fraction of sp³-hybridized carbons (Fsp3) is 0. The van der Waals surface area contributed by atoms with E-state index in [9.17, 15) is 14.9 Å². The zero-order valence-corrected chi connectivity index (χ0v) is 13.5. The molecule has 0 aliphatic heterocycles. The van der Waals surface area contributed by atoms with E-state index < -0.39 is 11.9 Å². The molecule has 6 N–H and O–H groups in total. The number of carbonyl (C=O) groups is 2. The first-order valence-corrected chi connectivity index (χ1v) is 7.35. The van der Waals surface area contributed by atoms with Crippen LogP contribution in [-0.4, -0.2) is 22.9 Å². The second-order valence-electron chi connectivity index (χ2n) is 5.13. The average Bonchev–Trinajstić information content (AvgIpc) is 2.60. The summed E-state index contributed by atoms with van der Waals surface area (Å²) in [4.78, 5) is 26.8. The summed E-state index contributed by atoms with van der Waals surface area (Å²) in [5.74, 6) is -1.64. The van der Waals surface area contributed by atoms with Crippen molar-refractivity contribution in [3.05, 3.63) is 65.2 Å². The second kappa shape index (κ2) is 8.12. The highest BCUT2D eigenvalue weighted by Gasteiger charge is 2.09. The molecule has 2 rings (SSSR count). The molecule has 2 aromatic rings. The van der Waals surface area contributed by atoms with Crippen LogP contribution in [0.3, 0.4) is 0 Å². The molecule has 0 unspecified atom stereocenters. The molecule has 2 aromatic carbocycles. The zero-order valence-electron chi connectivity index (χ0n) is 13.5. The Kier molecular flexibility index (Phi) is 5.69. The Labute approximate surface area is 149 Å². The topological polar surface area (TPSA) is 155 Å². The van der Waals surface area contributed by atoms with Gasteiger partial charge in [-0.15, -0.1) is 0 Å². The van der Waals surface area contributed by atoms with Crippen LogP contribution < -0.4 is 16.8 Å². The average molecular weight is 349 g/mol. The summed E-state index contributed by atoms with van der Waals surface area (Å²) in [6.45, 7) is 0. The lowest BCUT2D eigenvalue weighted by molar-refractivity contribution is -0.131. The summed E-state index contributed by atoms with van der Waals surface area (Å²) < 4.78 is 0. The third-order valence-corrected chi connectivity index (χ3v) is 3.20. The normalized spacial score (nSPS) is 10.1.